The van der Waals surface area contributed by atoms with E-state index in [0.717, 1.165) is 44.1 Å². The molecule has 6 nitrogen and oxygen atoms in total. The highest BCUT2D eigenvalue weighted by Crippen LogP contribution is 2.12. The fourth-order valence-electron chi connectivity index (χ4n) is 3.00. The zero-order valence-electron chi connectivity index (χ0n) is 14.5. The van der Waals surface area contributed by atoms with E-state index in [2.05, 4.69) is 20.2 Å². The van der Waals surface area contributed by atoms with Gasteiger partial charge in [0, 0.05) is 45.5 Å². The van der Waals surface area contributed by atoms with E-state index in [9.17, 15) is 9.18 Å². The number of nitrogens with one attached hydrogen (secondary N) is 1. The van der Waals surface area contributed by atoms with Crippen LogP contribution in [0.2, 0.25) is 0 Å². The molecule has 2 aromatic rings. The van der Waals surface area contributed by atoms with Crippen molar-refractivity contribution in [1.82, 2.24) is 24.9 Å². The maximum absolute atomic E-state index is 13.3. The lowest BCUT2D eigenvalue weighted by Crippen LogP contribution is -2.49. The normalized spacial score (nSPS) is 16.1. The monoisotopic (exact) mass is 345 g/mol. The van der Waals surface area contributed by atoms with E-state index in [1.807, 2.05) is 25.3 Å². The van der Waals surface area contributed by atoms with Crippen molar-refractivity contribution in [1.29, 1.82) is 0 Å². The van der Waals surface area contributed by atoms with Gasteiger partial charge in [-0.1, -0.05) is 6.07 Å². The minimum absolute atomic E-state index is 0.0878. The van der Waals surface area contributed by atoms with Crippen molar-refractivity contribution in [3.05, 3.63) is 48.0 Å². The average Bonchev–Trinajstić information content (AvgIpc) is 3.05. The van der Waals surface area contributed by atoms with Crippen molar-refractivity contribution in [2.24, 2.45) is 0 Å². The summed E-state index contributed by atoms with van der Waals surface area (Å²) < 4.78 is 15.0. The predicted molar refractivity (Wildman–Crippen MR) is 93.9 cm³/mol. The van der Waals surface area contributed by atoms with Gasteiger partial charge in [-0.3, -0.25) is 14.6 Å². The second kappa shape index (κ2) is 8.22. The molecule has 1 N–H and O–H groups in total. The molecule has 1 aromatic heterocycles. The molecule has 1 fully saturated rings. The van der Waals surface area contributed by atoms with Gasteiger partial charge in [0.25, 0.3) is 0 Å². The van der Waals surface area contributed by atoms with Crippen LogP contribution in [0.3, 0.4) is 0 Å². The van der Waals surface area contributed by atoms with Crippen LogP contribution in [-0.2, 0) is 11.3 Å². The number of amides is 1. The summed E-state index contributed by atoms with van der Waals surface area (Å²) >= 11 is 0. The molecule has 1 aliphatic rings. The molecule has 1 aliphatic heterocycles. The smallest absolute Gasteiger partial charge is 0.234 e. The Morgan fingerprint density at radius 2 is 1.96 bits per heavy atom. The van der Waals surface area contributed by atoms with Crippen LogP contribution < -0.4 is 5.32 Å². The highest BCUT2D eigenvalue weighted by Gasteiger charge is 2.19. The van der Waals surface area contributed by atoms with E-state index >= 15 is 0 Å². The zero-order valence-corrected chi connectivity index (χ0v) is 14.5. The summed E-state index contributed by atoms with van der Waals surface area (Å²) in [6, 6.07) is 8.37. The van der Waals surface area contributed by atoms with E-state index in [1.54, 1.807) is 10.7 Å². The molecule has 0 unspecified atom stereocenters. The standard InChI is InChI=1S/C18H24FN5O/c1-2-20-18(25)14-23-10-8-22(9-11-23)13-16-6-7-24(21-16)17-5-3-4-15(19)12-17/h3-7,12H,2,8-11,13-14H2,1H3,(H,20,25). The number of hydrogen-bond donors (Lipinski definition) is 1. The van der Waals surface area contributed by atoms with Gasteiger partial charge in [-0.05, 0) is 31.2 Å². The van der Waals surface area contributed by atoms with Crippen LogP contribution in [0, 0.1) is 5.82 Å². The molecule has 25 heavy (non-hydrogen) atoms. The quantitative estimate of drug-likeness (QED) is 0.857. The third-order valence-corrected chi connectivity index (χ3v) is 4.31. The molecule has 0 saturated carbocycles. The lowest BCUT2D eigenvalue weighted by atomic mass is 10.3. The Morgan fingerprint density at radius 1 is 1.20 bits per heavy atom. The average molecular weight is 345 g/mol. The number of rotatable bonds is 6. The van der Waals surface area contributed by atoms with E-state index < -0.39 is 0 Å². The molecular weight excluding hydrogens is 321 g/mol. The lowest BCUT2D eigenvalue weighted by molar-refractivity contribution is -0.122. The molecule has 7 heteroatoms. The summed E-state index contributed by atoms with van der Waals surface area (Å²) in [5, 5.41) is 7.37. The Balaban J connectivity index is 1.50. The number of hydrogen-bond acceptors (Lipinski definition) is 4. The summed E-state index contributed by atoms with van der Waals surface area (Å²) in [4.78, 5) is 16.1. The second-order valence-corrected chi connectivity index (χ2v) is 6.24. The van der Waals surface area contributed by atoms with Crippen LogP contribution in [0.25, 0.3) is 5.69 Å². The fourth-order valence-corrected chi connectivity index (χ4v) is 3.00. The Morgan fingerprint density at radius 3 is 2.68 bits per heavy atom. The van der Waals surface area contributed by atoms with Crippen LogP contribution in [0.4, 0.5) is 4.39 Å². The SMILES string of the molecule is CCNC(=O)CN1CCN(Cc2ccn(-c3cccc(F)c3)n2)CC1. The van der Waals surface area contributed by atoms with Gasteiger partial charge in [0.2, 0.25) is 5.91 Å². The minimum atomic E-state index is -0.266. The van der Waals surface area contributed by atoms with Crippen LogP contribution in [0.1, 0.15) is 12.6 Å². The largest absolute Gasteiger partial charge is 0.355 e. The summed E-state index contributed by atoms with van der Waals surface area (Å²) in [5.41, 5.74) is 1.68. The van der Waals surface area contributed by atoms with Crippen molar-refractivity contribution in [3.63, 3.8) is 0 Å². The van der Waals surface area contributed by atoms with E-state index in [-0.39, 0.29) is 11.7 Å². The highest BCUT2D eigenvalue weighted by atomic mass is 19.1. The Kier molecular flexibility index (Phi) is 5.78. The first-order valence-electron chi connectivity index (χ1n) is 8.66. The Labute approximate surface area is 147 Å². The van der Waals surface area contributed by atoms with Gasteiger partial charge >= 0.3 is 0 Å². The molecule has 1 amide bonds. The molecule has 1 aromatic carbocycles. The summed E-state index contributed by atoms with van der Waals surface area (Å²) in [6.07, 6.45) is 1.86. The summed E-state index contributed by atoms with van der Waals surface area (Å²) in [6.45, 7) is 7.40. The molecule has 1 saturated heterocycles. The number of nitrogens with zero attached hydrogens (tertiary/aromatic N) is 4. The molecule has 0 spiro atoms. The first kappa shape index (κ1) is 17.6. The number of aromatic nitrogens is 2. The van der Waals surface area contributed by atoms with E-state index in [1.165, 1.54) is 12.1 Å². The molecule has 0 atom stereocenters. The highest BCUT2D eigenvalue weighted by molar-refractivity contribution is 5.77. The van der Waals surface area contributed by atoms with Crippen molar-refractivity contribution < 1.29 is 9.18 Å². The Bertz CT molecular complexity index is 709. The third kappa shape index (κ3) is 4.87. The van der Waals surface area contributed by atoms with Crippen molar-refractivity contribution in [2.75, 3.05) is 39.3 Å². The van der Waals surface area contributed by atoms with Gasteiger partial charge in [-0.15, -0.1) is 0 Å². The number of likely N-dealkylation sites (N-methyl/N-ethyl adjacent to an activating group) is 1. The van der Waals surface area contributed by atoms with Gasteiger partial charge in [-0.25, -0.2) is 9.07 Å². The number of benzene rings is 1. The van der Waals surface area contributed by atoms with Crippen molar-refractivity contribution in [3.8, 4) is 5.69 Å². The molecule has 2 heterocycles. The van der Waals surface area contributed by atoms with Gasteiger partial charge < -0.3 is 5.32 Å². The van der Waals surface area contributed by atoms with Crippen LogP contribution >= 0.6 is 0 Å². The number of carbonyl (C=O) groups is 1. The van der Waals surface area contributed by atoms with Gasteiger partial charge in [0.05, 0.1) is 17.9 Å². The second-order valence-electron chi connectivity index (χ2n) is 6.24. The molecule has 0 bridgehead atoms. The van der Waals surface area contributed by atoms with Gasteiger partial charge in [0.1, 0.15) is 5.82 Å². The molecule has 0 radical (unpaired) electrons. The molecule has 0 aliphatic carbocycles. The van der Waals surface area contributed by atoms with E-state index in [4.69, 9.17) is 0 Å². The Hall–Kier alpha value is -2.25. The van der Waals surface area contributed by atoms with Crippen molar-refractivity contribution >= 4 is 5.91 Å². The van der Waals surface area contributed by atoms with Crippen molar-refractivity contribution in [2.45, 2.75) is 13.5 Å². The first-order chi connectivity index (χ1) is 12.1. The number of halogens is 1. The maximum atomic E-state index is 13.3. The lowest BCUT2D eigenvalue weighted by Gasteiger charge is -2.33. The minimum Gasteiger partial charge on any atom is -0.355 e. The van der Waals surface area contributed by atoms with Crippen LogP contribution in [0.5, 0.6) is 0 Å². The number of piperazine rings is 1. The van der Waals surface area contributed by atoms with Crippen LogP contribution in [0.15, 0.2) is 36.5 Å². The topological polar surface area (TPSA) is 53.4 Å². The maximum Gasteiger partial charge on any atom is 0.234 e. The first-order valence-corrected chi connectivity index (χ1v) is 8.66. The number of carbonyl (C=O) groups excluding carboxylic acids is 1. The van der Waals surface area contributed by atoms with E-state index in [0.29, 0.717) is 13.1 Å². The van der Waals surface area contributed by atoms with Crippen LogP contribution in [-0.4, -0.2) is 64.8 Å². The zero-order chi connectivity index (χ0) is 17.6. The molecule has 134 valence electrons. The fraction of sp³-hybridized carbons (Fsp3) is 0.444. The summed E-state index contributed by atoms with van der Waals surface area (Å²) in [7, 11) is 0. The van der Waals surface area contributed by atoms with Gasteiger partial charge in [-0.2, -0.15) is 5.10 Å². The van der Waals surface area contributed by atoms with Gasteiger partial charge in [0.15, 0.2) is 0 Å². The third-order valence-electron chi connectivity index (χ3n) is 4.31. The predicted octanol–water partition coefficient (Wildman–Crippen LogP) is 1.27. The summed E-state index contributed by atoms with van der Waals surface area (Å²) in [5.74, 6) is -0.178. The molecular formula is C18H24FN5O. The molecule has 3 rings (SSSR count).